The monoisotopic (exact) mass is 289 g/mol. The van der Waals surface area contributed by atoms with E-state index in [-0.39, 0.29) is 0 Å². The lowest BCUT2D eigenvalue weighted by Crippen LogP contribution is -2.15. The van der Waals surface area contributed by atoms with Crippen molar-refractivity contribution in [2.45, 2.75) is 26.0 Å². The lowest BCUT2D eigenvalue weighted by Gasteiger charge is -2.05. The summed E-state index contributed by atoms with van der Waals surface area (Å²) in [6.07, 6.45) is 0.549. The second kappa shape index (κ2) is 7.98. The summed E-state index contributed by atoms with van der Waals surface area (Å²) in [5, 5.41) is 12.8. The lowest BCUT2D eigenvalue weighted by atomic mass is 10.1. The molecular formula is C17H23NO3. The summed E-state index contributed by atoms with van der Waals surface area (Å²) < 4.78 is 10.8. The summed E-state index contributed by atoms with van der Waals surface area (Å²) in [4.78, 5) is 0. The van der Waals surface area contributed by atoms with Gasteiger partial charge in [0.05, 0.1) is 12.6 Å². The van der Waals surface area contributed by atoms with Gasteiger partial charge in [0.1, 0.15) is 11.5 Å². The molecule has 0 saturated heterocycles. The van der Waals surface area contributed by atoms with Gasteiger partial charge in [-0.05, 0) is 37.6 Å². The number of hydrogen-bond donors (Lipinski definition) is 2. The maximum absolute atomic E-state index is 9.51. The number of rotatable bonds is 8. The molecule has 0 spiro atoms. The van der Waals surface area contributed by atoms with Crippen LogP contribution >= 0.6 is 0 Å². The van der Waals surface area contributed by atoms with Crippen LogP contribution in [0.25, 0.3) is 11.3 Å². The Balaban J connectivity index is 1.90. The number of furan rings is 1. The first-order valence-electron chi connectivity index (χ1n) is 7.27. The zero-order valence-corrected chi connectivity index (χ0v) is 12.6. The van der Waals surface area contributed by atoms with Crippen molar-refractivity contribution in [3.63, 3.8) is 0 Å². The third kappa shape index (κ3) is 4.70. The minimum absolute atomic E-state index is 0.442. The zero-order valence-electron chi connectivity index (χ0n) is 12.6. The van der Waals surface area contributed by atoms with Crippen LogP contribution in [0.5, 0.6) is 0 Å². The molecule has 0 fully saturated rings. The van der Waals surface area contributed by atoms with E-state index in [0.29, 0.717) is 0 Å². The molecule has 0 aliphatic carbocycles. The van der Waals surface area contributed by atoms with Crippen LogP contribution < -0.4 is 5.32 Å². The largest absolute Gasteiger partial charge is 0.460 e. The molecule has 4 heteroatoms. The van der Waals surface area contributed by atoms with Crippen molar-refractivity contribution in [3.05, 3.63) is 47.7 Å². The molecule has 1 atom stereocenters. The van der Waals surface area contributed by atoms with Crippen LogP contribution in [0.3, 0.4) is 0 Å². The minimum Gasteiger partial charge on any atom is -0.460 e. The average molecular weight is 289 g/mol. The van der Waals surface area contributed by atoms with Crippen LogP contribution in [0.1, 0.15) is 30.8 Å². The van der Waals surface area contributed by atoms with E-state index in [2.05, 4.69) is 5.32 Å². The third-order valence-electron chi connectivity index (χ3n) is 3.34. The lowest BCUT2D eigenvalue weighted by molar-refractivity contribution is 0.194. The third-order valence-corrected chi connectivity index (χ3v) is 3.34. The highest BCUT2D eigenvalue weighted by Crippen LogP contribution is 2.24. The van der Waals surface area contributed by atoms with Crippen LogP contribution in [-0.4, -0.2) is 25.4 Å². The van der Waals surface area contributed by atoms with Crippen molar-refractivity contribution >= 4 is 0 Å². The van der Waals surface area contributed by atoms with Crippen molar-refractivity contribution in [1.29, 1.82) is 0 Å². The molecule has 114 valence electrons. The number of nitrogens with one attached hydrogen (secondary N) is 1. The second-order valence-electron chi connectivity index (χ2n) is 5.09. The summed E-state index contributed by atoms with van der Waals surface area (Å²) in [5.41, 5.74) is 1.93. The molecule has 0 radical (unpaired) electrons. The zero-order chi connectivity index (χ0) is 15.1. The van der Waals surface area contributed by atoms with Gasteiger partial charge in [-0.3, -0.25) is 0 Å². The molecule has 1 heterocycles. The maximum atomic E-state index is 9.51. The summed E-state index contributed by atoms with van der Waals surface area (Å²) in [7, 11) is 1.71. The van der Waals surface area contributed by atoms with E-state index in [1.54, 1.807) is 14.0 Å². The summed E-state index contributed by atoms with van der Waals surface area (Å²) in [5.74, 6) is 1.77. The van der Waals surface area contributed by atoms with E-state index in [0.717, 1.165) is 48.8 Å². The Hall–Kier alpha value is -1.62. The highest BCUT2D eigenvalue weighted by Gasteiger charge is 2.06. The summed E-state index contributed by atoms with van der Waals surface area (Å²) in [6, 6.07) is 11.7. The molecular weight excluding hydrogens is 266 g/mol. The van der Waals surface area contributed by atoms with Gasteiger partial charge in [0, 0.05) is 19.3 Å². The van der Waals surface area contributed by atoms with Gasteiger partial charge < -0.3 is 19.6 Å². The first-order valence-corrected chi connectivity index (χ1v) is 7.27. The Bertz CT molecular complexity index is 531. The molecule has 0 unspecified atom stereocenters. The fourth-order valence-corrected chi connectivity index (χ4v) is 2.11. The first-order chi connectivity index (χ1) is 10.2. The van der Waals surface area contributed by atoms with Crippen LogP contribution in [0.15, 0.2) is 40.8 Å². The van der Waals surface area contributed by atoms with Crippen LogP contribution in [0.2, 0.25) is 0 Å². The fraction of sp³-hybridized carbons (Fsp3) is 0.412. The Labute approximate surface area is 125 Å². The molecule has 2 N–H and O–H groups in total. The Kier molecular flexibility index (Phi) is 5.99. The molecule has 4 nitrogen and oxygen atoms in total. The molecule has 0 saturated carbocycles. The molecule has 2 aromatic rings. The van der Waals surface area contributed by atoms with Gasteiger partial charge in [0.25, 0.3) is 0 Å². The molecule has 2 rings (SSSR count). The molecule has 1 aromatic carbocycles. The van der Waals surface area contributed by atoms with Crippen molar-refractivity contribution in [2.75, 3.05) is 20.3 Å². The topological polar surface area (TPSA) is 54.6 Å². The molecule has 0 aliphatic heterocycles. The minimum atomic E-state index is -0.442. The van der Waals surface area contributed by atoms with E-state index in [4.69, 9.17) is 9.15 Å². The van der Waals surface area contributed by atoms with E-state index < -0.39 is 6.10 Å². The van der Waals surface area contributed by atoms with Gasteiger partial charge in [0.15, 0.2) is 0 Å². The van der Waals surface area contributed by atoms with Crippen LogP contribution in [0, 0.1) is 0 Å². The number of aliphatic hydroxyl groups is 1. The SMILES string of the molecule is COCCCNCc1ccc(-c2ccc([C@H](C)O)cc2)o1. The molecule has 1 aromatic heterocycles. The number of benzene rings is 1. The first kappa shape index (κ1) is 15.8. The number of methoxy groups -OCH3 is 1. The van der Waals surface area contributed by atoms with Gasteiger partial charge in [-0.15, -0.1) is 0 Å². The maximum Gasteiger partial charge on any atom is 0.134 e. The van der Waals surface area contributed by atoms with Gasteiger partial charge in [-0.2, -0.15) is 0 Å². The predicted molar refractivity (Wildman–Crippen MR) is 83.0 cm³/mol. The van der Waals surface area contributed by atoms with Crippen molar-refractivity contribution in [1.82, 2.24) is 5.32 Å². The highest BCUT2D eigenvalue weighted by molar-refractivity contribution is 5.58. The second-order valence-corrected chi connectivity index (χ2v) is 5.09. The van der Waals surface area contributed by atoms with E-state index in [9.17, 15) is 5.11 Å². The predicted octanol–water partition coefficient (Wildman–Crippen LogP) is 3.13. The van der Waals surface area contributed by atoms with Gasteiger partial charge in [-0.1, -0.05) is 24.3 Å². The number of ether oxygens (including phenoxy) is 1. The summed E-state index contributed by atoms with van der Waals surface area (Å²) >= 11 is 0. The smallest absolute Gasteiger partial charge is 0.134 e. The average Bonchev–Trinajstić information content (AvgIpc) is 2.96. The van der Waals surface area contributed by atoms with Crippen molar-refractivity contribution in [3.8, 4) is 11.3 Å². The Morgan fingerprint density at radius 1 is 1.19 bits per heavy atom. The van der Waals surface area contributed by atoms with E-state index in [1.807, 2.05) is 36.4 Å². The van der Waals surface area contributed by atoms with Gasteiger partial charge in [0.2, 0.25) is 0 Å². The number of aliphatic hydroxyl groups excluding tert-OH is 1. The Morgan fingerprint density at radius 3 is 2.62 bits per heavy atom. The van der Waals surface area contributed by atoms with Gasteiger partial charge >= 0.3 is 0 Å². The number of hydrogen-bond acceptors (Lipinski definition) is 4. The quantitative estimate of drug-likeness (QED) is 0.733. The fourth-order valence-electron chi connectivity index (χ4n) is 2.11. The molecule has 21 heavy (non-hydrogen) atoms. The summed E-state index contributed by atoms with van der Waals surface area (Å²) in [6.45, 7) is 4.16. The van der Waals surface area contributed by atoms with Crippen molar-refractivity contribution < 1.29 is 14.3 Å². The van der Waals surface area contributed by atoms with Crippen molar-refractivity contribution in [2.24, 2.45) is 0 Å². The molecule has 0 aliphatic rings. The molecule has 0 amide bonds. The van der Waals surface area contributed by atoms with Crippen LogP contribution in [0.4, 0.5) is 0 Å². The molecule has 0 bridgehead atoms. The van der Waals surface area contributed by atoms with Crippen LogP contribution in [-0.2, 0) is 11.3 Å². The van der Waals surface area contributed by atoms with E-state index >= 15 is 0 Å². The van der Waals surface area contributed by atoms with E-state index in [1.165, 1.54) is 0 Å². The normalized spacial score (nSPS) is 12.5. The van der Waals surface area contributed by atoms with Gasteiger partial charge in [-0.25, -0.2) is 0 Å². The standard InChI is InChI=1S/C17H23NO3/c1-13(19)14-4-6-15(7-5-14)17-9-8-16(21-17)12-18-10-3-11-20-2/h4-9,13,18-19H,3,10-12H2,1-2H3/t13-/m0/s1. The highest BCUT2D eigenvalue weighted by atomic mass is 16.5. The Morgan fingerprint density at radius 2 is 1.95 bits per heavy atom.